The van der Waals surface area contributed by atoms with Crippen molar-refractivity contribution < 1.29 is 14.4 Å². The van der Waals surface area contributed by atoms with Gasteiger partial charge in [0, 0.05) is 37.7 Å². The molecule has 0 aromatic heterocycles. The third-order valence-corrected chi connectivity index (χ3v) is 4.59. The zero-order valence-corrected chi connectivity index (χ0v) is 17.0. The summed E-state index contributed by atoms with van der Waals surface area (Å²) in [5.41, 5.74) is 6.43. The third kappa shape index (κ3) is 7.10. The first-order chi connectivity index (χ1) is 13.9. The second kappa shape index (κ2) is 11.0. The van der Waals surface area contributed by atoms with Crippen molar-refractivity contribution in [2.75, 3.05) is 26.2 Å². The van der Waals surface area contributed by atoms with Crippen LogP contribution in [0, 0.1) is 0 Å². The van der Waals surface area contributed by atoms with Crippen LogP contribution in [0.2, 0.25) is 0 Å². The molecule has 1 saturated heterocycles. The Bertz CT molecular complexity index is 747. The van der Waals surface area contributed by atoms with Gasteiger partial charge in [0.2, 0.25) is 11.8 Å². The van der Waals surface area contributed by atoms with Crippen LogP contribution in [0.1, 0.15) is 42.6 Å². The highest BCUT2D eigenvalue weighted by Crippen LogP contribution is 2.11. The van der Waals surface area contributed by atoms with E-state index in [2.05, 4.69) is 20.9 Å². The van der Waals surface area contributed by atoms with Crippen LogP contribution in [-0.4, -0.2) is 60.8 Å². The van der Waals surface area contributed by atoms with Crippen LogP contribution in [0.4, 0.5) is 0 Å². The average molecular weight is 402 g/mol. The first-order valence-corrected chi connectivity index (χ1v) is 9.91. The molecule has 1 aromatic carbocycles. The molecule has 1 aliphatic heterocycles. The van der Waals surface area contributed by atoms with E-state index in [-0.39, 0.29) is 24.4 Å². The number of carbonyl (C=O) groups is 3. The molecule has 1 aromatic rings. The normalized spacial score (nSPS) is 16.4. The number of hydrogen-bond donors (Lipinski definition) is 4. The molecule has 5 N–H and O–H groups in total. The number of benzene rings is 1. The van der Waals surface area contributed by atoms with Crippen molar-refractivity contribution in [3.63, 3.8) is 0 Å². The third-order valence-electron chi connectivity index (χ3n) is 4.59. The fraction of sp³-hybridized carbons (Fsp3) is 0.500. The molecule has 2 rings (SSSR count). The first-order valence-electron chi connectivity index (χ1n) is 9.91. The molecule has 0 radical (unpaired) electrons. The van der Waals surface area contributed by atoms with Gasteiger partial charge in [-0.1, -0.05) is 19.1 Å². The largest absolute Gasteiger partial charge is 0.368 e. The van der Waals surface area contributed by atoms with Gasteiger partial charge in [0.25, 0.3) is 5.91 Å². The van der Waals surface area contributed by atoms with Gasteiger partial charge in [-0.3, -0.25) is 14.4 Å². The molecule has 3 amide bonds. The van der Waals surface area contributed by atoms with Gasteiger partial charge < -0.3 is 26.6 Å². The zero-order valence-electron chi connectivity index (χ0n) is 17.0. The topological polar surface area (TPSA) is 129 Å². The number of hydrogen-bond acceptors (Lipinski definition) is 4. The van der Waals surface area contributed by atoms with Crippen LogP contribution in [0.5, 0.6) is 0 Å². The Balaban J connectivity index is 1.92. The lowest BCUT2D eigenvalue weighted by molar-refractivity contribution is -0.129. The molecule has 1 aliphatic rings. The maximum Gasteiger partial charge on any atom is 0.251 e. The molecule has 0 spiro atoms. The summed E-state index contributed by atoms with van der Waals surface area (Å²) in [7, 11) is 0. The second-order valence-corrected chi connectivity index (χ2v) is 6.86. The van der Waals surface area contributed by atoms with E-state index in [9.17, 15) is 14.4 Å². The number of carbonyl (C=O) groups excluding carboxylic acids is 3. The van der Waals surface area contributed by atoms with Gasteiger partial charge in [0.05, 0.1) is 13.1 Å². The Hall–Kier alpha value is -3.10. The molecular formula is C20H30N6O3. The smallest absolute Gasteiger partial charge is 0.251 e. The molecule has 1 heterocycles. The lowest BCUT2D eigenvalue weighted by Gasteiger charge is -2.18. The van der Waals surface area contributed by atoms with E-state index in [1.165, 1.54) is 0 Å². The number of nitrogens with two attached hydrogens (primary N) is 1. The Labute approximate surface area is 171 Å². The summed E-state index contributed by atoms with van der Waals surface area (Å²) in [6.07, 6.45) is 1.42. The van der Waals surface area contributed by atoms with E-state index in [0.29, 0.717) is 31.0 Å². The van der Waals surface area contributed by atoms with Crippen molar-refractivity contribution >= 4 is 23.7 Å². The van der Waals surface area contributed by atoms with Crippen LogP contribution in [0.15, 0.2) is 29.3 Å². The fourth-order valence-corrected chi connectivity index (χ4v) is 3.04. The van der Waals surface area contributed by atoms with E-state index in [1.54, 1.807) is 12.1 Å². The summed E-state index contributed by atoms with van der Waals surface area (Å²) in [5, 5.41) is 9.06. The number of guanidine groups is 1. The number of nitrogens with zero attached hydrogens (tertiary/aromatic N) is 2. The minimum absolute atomic E-state index is 0.177. The average Bonchev–Trinajstić information content (AvgIpc) is 3.18. The van der Waals surface area contributed by atoms with Crippen molar-refractivity contribution in [2.24, 2.45) is 10.7 Å². The minimum atomic E-state index is -0.586. The minimum Gasteiger partial charge on any atom is -0.368 e. The quantitative estimate of drug-likeness (QED) is 0.358. The van der Waals surface area contributed by atoms with Gasteiger partial charge in [-0.05, 0) is 31.0 Å². The monoisotopic (exact) mass is 402 g/mol. The van der Waals surface area contributed by atoms with Gasteiger partial charge in [0.1, 0.15) is 0 Å². The van der Waals surface area contributed by atoms with Crippen LogP contribution in [0.3, 0.4) is 0 Å². The van der Waals surface area contributed by atoms with E-state index < -0.39 is 5.91 Å². The SMILES string of the molecule is CCNC(=NCc1ccc(C(=O)NCC(N)=O)cc1)NC1CCN(C(=O)CC)C1. The molecule has 0 bridgehead atoms. The van der Waals surface area contributed by atoms with Gasteiger partial charge in [-0.15, -0.1) is 0 Å². The molecule has 1 atom stereocenters. The lowest BCUT2D eigenvalue weighted by atomic mass is 10.1. The number of likely N-dealkylation sites (tertiary alicyclic amines) is 1. The summed E-state index contributed by atoms with van der Waals surface area (Å²) >= 11 is 0. The van der Waals surface area contributed by atoms with E-state index in [0.717, 1.165) is 25.1 Å². The van der Waals surface area contributed by atoms with Crippen molar-refractivity contribution in [3.05, 3.63) is 35.4 Å². The Kier molecular flexibility index (Phi) is 8.45. The number of nitrogens with one attached hydrogen (secondary N) is 3. The standard InChI is InChI=1S/C20H30N6O3/c1-3-18(28)26-10-9-16(13-26)25-20(22-4-2)24-11-14-5-7-15(8-6-14)19(29)23-12-17(21)27/h5-8,16H,3-4,9-13H2,1-2H3,(H2,21,27)(H,23,29)(H2,22,24,25). The summed E-state index contributed by atoms with van der Waals surface area (Å²) in [4.78, 5) is 41.0. The molecule has 9 heteroatoms. The van der Waals surface area contributed by atoms with Gasteiger partial charge in [-0.2, -0.15) is 0 Å². The molecule has 1 fully saturated rings. The number of aliphatic imine (C=N–C) groups is 1. The van der Waals surface area contributed by atoms with Gasteiger partial charge in [0.15, 0.2) is 5.96 Å². The predicted molar refractivity (Wildman–Crippen MR) is 111 cm³/mol. The molecule has 0 aliphatic carbocycles. The van der Waals surface area contributed by atoms with Crippen molar-refractivity contribution in [3.8, 4) is 0 Å². The number of amides is 3. The summed E-state index contributed by atoms with van der Waals surface area (Å²) in [5.74, 6) is -0.0544. The summed E-state index contributed by atoms with van der Waals surface area (Å²) in [6, 6.07) is 7.20. The van der Waals surface area contributed by atoms with Crippen molar-refractivity contribution in [2.45, 2.75) is 39.3 Å². The Morgan fingerprint density at radius 1 is 1.17 bits per heavy atom. The van der Waals surface area contributed by atoms with Crippen molar-refractivity contribution in [1.82, 2.24) is 20.9 Å². The summed E-state index contributed by atoms with van der Waals surface area (Å²) < 4.78 is 0. The number of primary amides is 1. The fourth-order valence-electron chi connectivity index (χ4n) is 3.04. The maximum atomic E-state index is 11.9. The number of rotatable bonds is 8. The second-order valence-electron chi connectivity index (χ2n) is 6.86. The highest BCUT2D eigenvalue weighted by atomic mass is 16.2. The molecule has 9 nitrogen and oxygen atoms in total. The van der Waals surface area contributed by atoms with E-state index >= 15 is 0 Å². The molecule has 29 heavy (non-hydrogen) atoms. The highest BCUT2D eigenvalue weighted by Gasteiger charge is 2.25. The Morgan fingerprint density at radius 2 is 1.90 bits per heavy atom. The van der Waals surface area contributed by atoms with Crippen LogP contribution in [-0.2, 0) is 16.1 Å². The van der Waals surface area contributed by atoms with E-state index in [1.807, 2.05) is 30.9 Å². The molecular weight excluding hydrogens is 372 g/mol. The van der Waals surface area contributed by atoms with Crippen LogP contribution >= 0.6 is 0 Å². The maximum absolute atomic E-state index is 11.9. The van der Waals surface area contributed by atoms with Gasteiger partial charge >= 0.3 is 0 Å². The van der Waals surface area contributed by atoms with Gasteiger partial charge in [-0.25, -0.2) is 4.99 Å². The predicted octanol–water partition coefficient (Wildman–Crippen LogP) is -0.0323. The summed E-state index contributed by atoms with van der Waals surface area (Å²) in [6.45, 7) is 6.32. The van der Waals surface area contributed by atoms with Crippen molar-refractivity contribution in [1.29, 1.82) is 0 Å². The van der Waals surface area contributed by atoms with E-state index in [4.69, 9.17) is 5.73 Å². The molecule has 158 valence electrons. The first kappa shape index (κ1) is 22.2. The Morgan fingerprint density at radius 3 is 2.52 bits per heavy atom. The molecule has 0 saturated carbocycles. The lowest BCUT2D eigenvalue weighted by Crippen LogP contribution is -2.45. The van der Waals surface area contributed by atoms with Crippen LogP contribution in [0.25, 0.3) is 0 Å². The highest BCUT2D eigenvalue weighted by molar-refractivity contribution is 5.96. The molecule has 1 unspecified atom stereocenters. The zero-order chi connectivity index (χ0) is 21.2. The van der Waals surface area contributed by atoms with Crippen LogP contribution < -0.4 is 21.7 Å².